The first-order valence-electron chi connectivity index (χ1n) is 8.72. The lowest BCUT2D eigenvalue weighted by molar-refractivity contribution is -0.122. The van der Waals surface area contributed by atoms with Crippen molar-refractivity contribution >= 4 is 33.2 Å². The van der Waals surface area contributed by atoms with Crippen molar-refractivity contribution < 1.29 is 13.2 Å². The minimum absolute atomic E-state index is 0.236. The summed E-state index contributed by atoms with van der Waals surface area (Å²) >= 11 is 6.13. The van der Waals surface area contributed by atoms with Gasteiger partial charge in [-0.1, -0.05) is 42.8 Å². The van der Waals surface area contributed by atoms with Gasteiger partial charge in [0.15, 0.2) is 0 Å². The Labute approximate surface area is 166 Å². The number of sulfonamides is 1. The number of carbonyl (C=O) groups excluding carboxylic acids is 1. The highest BCUT2D eigenvalue weighted by atomic mass is 35.5. The number of nitrogens with zero attached hydrogens (tertiary/aromatic N) is 1. The number of nitrogens with one attached hydrogen (secondary N) is 1. The molecular formula is C20H25ClN2O3S. The van der Waals surface area contributed by atoms with Gasteiger partial charge in [-0.15, -0.1) is 0 Å². The third-order valence-corrected chi connectivity index (χ3v) is 5.75. The number of rotatable bonds is 7. The van der Waals surface area contributed by atoms with Gasteiger partial charge in [0.05, 0.1) is 11.9 Å². The Hall–Kier alpha value is -2.05. The van der Waals surface area contributed by atoms with E-state index in [2.05, 4.69) is 5.32 Å². The zero-order valence-corrected chi connectivity index (χ0v) is 17.6. The van der Waals surface area contributed by atoms with Gasteiger partial charge in [-0.25, -0.2) is 8.42 Å². The molecule has 1 amide bonds. The topological polar surface area (TPSA) is 66.5 Å². The molecule has 0 unspecified atom stereocenters. The zero-order valence-electron chi connectivity index (χ0n) is 16.0. The number of benzene rings is 2. The molecular weight excluding hydrogens is 384 g/mol. The van der Waals surface area contributed by atoms with Gasteiger partial charge in [0.1, 0.15) is 6.04 Å². The average molecular weight is 409 g/mol. The summed E-state index contributed by atoms with van der Waals surface area (Å²) in [6.07, 6.45) is 1.46. The lowest BCUT2D eigenvalue weighted by Crippen LogP contribution is -2.49. The lowest BCUT2D eigenvalue weighted by Gasteiger charge is -2.30. The number of carbonyl (C=O) groups is 1. The predicted octanol–water partition coefficient (Wildman–Crippen LogP) is 3.82. The molecule has 0 saturated carbocycles. The molecule has 1 atom stereocenters. The van der Waals surface area contributed by atoms with E-state index >= 15 is 0 Å². The van der Waals surface area contributed by atoms with E-state index in [1.54, 1.807) is 25.1 Å². The first-order valence-corrected chi connectivity index (χ1v) is 10.9. The largest absolute Gasteiger partial charge is 0.350 e. The van der Waals surface area contributed by atoms with Gasteiger partial charge in [0.2, 0.25) is 15.9 Å². The summed E-state index contributed by atoms with van der Waals surface area (Å²) in [5.74, 6) is -0.359. The van der Waals surface area contributed by atoms with Crippen LogP contribution in [0.1, 0.15) is 30.0 Å². The Morgan fingerprint density at radius 3 is 2.26 bits per heavy atom. The van der Waals surface area contributed by atoms with Gasteiger partial charge < -0.3 is 5.32 Å². The van der Waals surface area contributed by atoms with E-state index in [1.165, 1.54) is 4.31 Å². The van der Waals surface area contributed by atoms with E-state index in [0.29, 0.717) is 17.1 Å². The molecule has 0 aromatic heterocycles. The quantitative estimate of drug-likeness (QED) is 0.757. The summed E-state index contributed by atoms with van der Waals surface area (Å²) < 4.78 is 26.2. The number of amides is 1. The summed E-state index contributed by atoms with van der Waals surface area (Å²) in [6.45, 7) is 5.82. The second-order valence-corrected chi connectivity index (χ2v) is 8.90. The summed E-state index contributed by atoms with van der Waals surface area (Å²) in [7, 11) is -3.65. The van der Waals surface area contributed by atoms with Crippen molar-refractivity contribution in [1.29, 1.82) is 0 Å². The third-order valence-electron chi connectivity index (χ3n) is 4.20. The Morgan fingerprint density at radius 2 is 1.74 bits per heavy atom. The molecule has 0 heterocycles. The van der Waals surface area contributed by atoms with Crippen LogP contribution < -0.4 is 9.62 Å². The minimum Gasteiger partial charge on any atom is -0.350 e. The highest BCUT2D eigenvalue weighted by molar-refractivity contribution is 7.92. The molecule has 0 radical (unpaired) electrons. The number of halogens is 1. The van der Waals surface area contributed by atoms with Gasteiger partial charge in [0, 0.05) is 11.6 Å². The fraction of sp³-hybridized carbons (Fsp3) is 0.350. The Morgan fingerprint density at radius 1 is 1.15 bits per heavy atom. The molecule has 0 bridgehead atoms. The second-order valence-electron chi connectivity index (χ2n) is 6.64. The Bertz CT molecular complexity index is 908. The van der Waals surface area contributed by atoms with Crippen LogP contribution in [-0.2, 0) is 21.4 Å². The van der Waals surface area contributed by atoms with Crippen LogP contribution >= 0.6 is 11.6 Å². The average Bonchev–Trinajstić information content (AvgIpc) is 2.56. The Balaban J connectivity index is 2.32. The molecule has 27 heavy (non-hydrogen) atoms. The number of anilines is 1. The third kappa shape index (κ3) is 5.47. The summed E-state index contributed by atoms with van der Waals surface area (Å²) in [5, 5.41) is 3.37. The van der Waals surface area contributed by atoms with Gasteiger partial charge >= 0.3 is 0 Å². The molecule has 1 N–H and O–H groups in total. The van der Waals surface area contributed by atoms with E-state index in [1.807, 2.05) is 38.1 Å². The molecule has 0 fully saturated rings. The van der Waals surface area contributed by atoms with Crippen LogP contribution in [0.25, 0.3) is 0 Å². The van der Waals surface area contributed by atoms with E-state index in [-0.39, 0.29) is 12.5 Å². The summed E-state index contributed by atoms with van der Waals surface area (Å²) in [6, 6.07) is 11.9. The van der Waals surface area contributed by atoms with E-state index < -0.39 is 16.1 Å². The molecule has 2 aromatic carbocycles. The van der Waals surface area contributed by atoms with Crippen molar-refractivity contribution in [2.24, 2.45) is 0 Å². The van der Waals surface area contributed by atoms with Gasteiger partial charge in [0.25, 0.3) is 0 Å². The van der Waals surface area contributed by atoms with Crippen LogP contribution in [0.5, 0.6) is 0 Å². The molecule has 7 heteroatoms. The highest BCUT2D eigenvalue weighted by Crippen LogP contribution is 2.25. The maximum absolute atomic E-state index is 12.8. The van der Waals surface area contributed by atoms with Crippen molar-refractivity contribution in [3.05, 3.63) is 64.2 Å². The van der Waals surface area contributed by atoms with Crippen LogP contribution in [0.4, 0.5) is 5.69 Å². The number of hydrogen-bond donors (Lipinski definition) is 1. The van der Waals surface area contributed by atoms with Gasteiger partial charge in [-0.05, 0) is 55.2 Å². The van der Waals surface area contributed by atoms with Crippen molar-refractivity contribution in [3.63, 3.8) is 0 Å². The van der Waals surface area contributed by atoms with Gasteiger partial charge in [-0.2, -0.15) is 0 Å². The molecule has 0 aliphatic heterocycles. The fourth-order valence-electron chi connectivity index (χ4n) is 3.08. The van der Waals surface area contributed by atoms with E-state index in [9.17, 15) is 13.2 Å². The SMILES string of the molecule is CC[C@H](C(=O)NCc1ccccc1Cl)N(c1cc(C)cc(C)c1)S(C)(=O)=O. The van der Waals surface area contributed by atoms with E-state index in [4.69, 9.17) is 11.6 Å². The zero-order chi connectivity index (χ0) is 20.2. The predicted molar refractivity (Wildman–Crippen MR) is 111 cm³/mol. The van der Waals surface area contributed by atoms with Crippen molar-refractivity contribution in [1.82, 2.24) is 5.32 Å². The van der Waals surface area contributed by atoms with Crippen molar-refractivity contribution in [3.8, 4) is 0 Å². The highest BCUT2D eigenvalue weighted by Gasteiger charge is 2.31. The molecule has 146 valence electrons. The van der Waals surface area contributed by atoms with Crippen molar-refractivity contribution in [2.45, 2.75) is 39.8 Å². The molecule has 0 aliphatic rings. The fourth-order valence-corrected chi connectivity index (χ4v) is 4.48. The summed E-state index contributed by atoms with van der Waals surface area (Å²) in [5.41, 5.74) is 3.14. The molecule has 0 saturated heterocycles. The van der Waals surface area contributed by atoms with Crippen LogP contribution in [0, 0.1) is 13.8 Å². The number of aryl methyl sites for hydroxylation is 2. The molecule has 0 aliphatic carbocycles. The standard InChI is InChI=1S/C20H25ClN2O3S/c1-5-19(20(24)22-13-16-8-6-7-9-18(16)21)23(27(4,25)26)17-11-14(2)10-15(3)12-17/h6-12,19H,5,13H2,1-4H3,(H,22,24)/t19-/m1/s1. The first kappa shape index (κ1) is 21.3. The molecule has 0 spiro atoms. The monoisotopic (exact) mass is 408 g/mol. The minimum atomic E-state index is -3.65. The van der Waals surface area contributed by atoms with Crippen LogP contribution in [0.3, 0.4) is 0 Å². The van der Waals surface area contributed by atoms with Crippen LogP contribution in [0.2, 0.25) is 5.02 Å². The Kier molecular flexibility index (Phi) is 6.89. The van der Waals surface area contributed by atoms with E-state index in [0.717, 1.165) is 22.9 Å². The normalized spacial score (nSPS) is 12.5. The molecule has 5 nitrogen and oxygen atoms in total. The second kappa shape index (κ2) is 8.76. The molecule has 2 rings (SSSR count). The maximum atomic E-state index is 12.8. The number of hydrogen-bond acceptors (Lipinski definition) is 3. The van der Waals surface area contributed by atoms with Gasteiger partial charge in [-0.3, -0.25) is 9.10 Å². The van der Waals surface area contributed by atoms with Crippen molar-refractivity contribution in [2.75, 3.05) is 10.6 Å². The van der Waals surface area contributed by atoms with Crippen LogP contribution in [-0.4, -0.2) is 26.6 Å². The molecule has 2 aromatic rings. The summed E-state index contributed by atoms with van der Waals surface area (Å²) in [4.78, 5) is 12.8. The lowest BCUT2D eigenvalue weighted by atomic mass is 10.1. The van der Waals surface area contributed by atoms with Crippen LogP contribution in [0.15, 0.2) is 42.5 Å². The first-order chi connectivity index (χ1) is 12.6. The smallest absolute Gasteiger partial charge is 0.244 e. The maximum Gasteiger partial charge on any atom is 0.244 e.